The highest BCUT2D eigenvalue weighted by Crippen LogP contribution is 2.51. The summed E-state index contributed by atoms with van der Waals surface area (Å²) < 4.78 is 5.28. The van der Waals surface area contributed by atoms with Crippen LogP contribution in [-0.4, -0.2) is 11.8 Å². The molecule has 0 spiro atoms. The summed E-state index contributed by atoms with van der Waals surface area (Å²) in [5.41, 5.74) is 16.7. The zero-order valence-electron chi connectivity index (χ0n) is 31.1. The van der Waals surface area contributed by atoms with E-state index in [2.05, 4.69) is 184 Å². The molecule has 4 heteroatoms. The number of para-hydroxylation sites is 3. The van der Waals surface area contributed by atoms with E-state index in [1.165, 1.54) is 105 Å². The lowest BCUT2D eigenvalue weighted by Crippen LogP contribution is -2.37. The molecular formula is C50H40BN2S. The Hall–Kier alpha value is -5.58. The van der Waals surface area contributed by atoms with Gasteiger partial charge in [-0.1, -0.05) is 124 Å². The summed E-state index contributed by atoms with van der Waals surface area (Å²) in [6.45, 7) is 9.79. The van der Waals surface area contributed by atoms with Crippen molar-refractivity contribution in [3.8, 4) is 27.9 Å². The topological polar surface area (TPSA) is 17.0 Å². The molecule has 0 atom stereocenters. The molecule has 259 valence electrons. The molecule has 0 saturated carbocycles. The number of aromatic nitrogens is 1. The Morgan fingerprint density at radius 1 is 0.593 bits per heavy atom. The fraction of sp³-hybridized carbons (Fsp3) is 0.160. The Morgan fingerprint density at radius 3 is 2.13 bits per heavy atom. The molecule has 2 nitrogen and oxygen atoms in total. The third-order valence-electron chi connectivity index (χ3n) is 12.5. The largest absolute Gasteiger partial charge is 0.355 e. The fourth-order valence-corrected chi connectivity index (χ4v) is 10.8. The van der Waals surface area contributed by atoms with Crippen molar-refractivity contribution in [3.63, 3.8) is 0 Å². The summed E-state index contributed by atoms with van der Waals surface area (Å²) in [5, 5.41) is 9.13. The summed E-state index contributed by atoms with van der Waals surface area (Å²) >= 11 is 1.92. The number of nitrogens with zero attached hydrogens (tertiary/aromatic N) is 1. The standard InChI is InChI=1S/C50H40BN2S/c1-49(2)25-26-50(3,4)39-29-43-37(28-38(39)49)45-35(34-20-14-19-33-32-18-9-13-24-44(32)54-48(33)34)27-36(46-47(45)53(43)42-23-12-10-21-40(42)51-46)31-17-8-11-22-41(31)52-30-15-6-5-7-16-30/h5-24,27-29,52H,25-26H2,1-4H3. The molecule has 7 aromatic carbocycles. The summed E-state index contributed by atoms with van der Waals surface area (Å²) in [4.78, 5) is 0. The van der Waals surface area contributed by atoms with Crippen LogP contribution in [0.3, 0.4) is 0 Å². The van der Waals surface area contributed by atoms with E-state index in [-0.39, 0.29) is 10.8 Å². The monoisotopic (exact) mass is 711 g/mol. The molecule has 1 aliphatic heterocycles. The second-order valence-electron chi connectivity index (χ2n) is 16.6. The van der Waals surface area contributed by atoms with Crippen LogP contribution in [0.25, 0.3) is 69.9 Å². The SMILES string of the molecule is CC1(C)CCC(C)(C)c2cc3c(cc21)c1c(-c2cccc4c2sc2ccccc24)cc(-c2ccccc2Nc2ccccc2)c2c1n3-c1ccccc1[B]2. The lowest BCUT2D eigenvalue weighted by molar-refractivity contribution is 0.332. The predicted octanol–water partition coefficient (Wildman–Crippen LogP) is 12.5. The van der Waals surface area contributed by atoms with E-state index in [4.69, 9.17) is 0 Å². The Labute approximate surface area is 321 Å². The van der Waals surface area contributed by atoms with Gasteiger partial charge in [-0.3, -0.25) is 0 Å². The van der Waals surface area contributed by atoms with Crippen molar-refractivity contribution >= 4 is 82.9 Å². The van der Waals surface area contributed by atoms with Gasteiger partial charge >= 0.3 is 0 Å². The molecule has 11 rings (SSSR count). The van der Waals surface area contributed by atoms with Crippen molar-refractivity contribution in [2.24, 2.45) is 0 Å². The molecule has 0 fully saturated rings. The van der Waals surface area contributed by atoms with Gasteiger partial charge < -0.3 is 9.88 Å². The highest BCUT2D eigenvalue weighted by Gasteiger charge is 2.39. The number of hydrogen-bond acceptors (Lipinski definition) is 2. The molecule has 1 N–H and O–H groups in total. The number of thiophene rings is 1. The minimum atomic E-state index is 0.0914. The van der Waals surface area contributed by atoms with Gasteiger partial charge in [0.15, 0.2) is 7.28 Å². The molecule has 0 saturated heterocycles. The maximum absolute atomic E-state index is 3.79. The number of rotatable bonds is 4. The normalized spacial score (nSPS) is 15.3. The van der Waals surface area contributed by atoms with Crippen LogP contribution >= 0.6 is 11.3 Å². The molecule has 54 heavy (non-hydrogen) atoms. The number of benzene rings is 7. The van der Waals surface area contributed by atoms with Gasteiger partial charge in [0.1, 0.15) is 0 Å². The number of anilines is 2. The lowest BCUT2D eigenvalue weighted by atomic mass is 9.58. The van der Waals surface area contributed by atoms with Crippen LogP contribution < -0.4 is 16.2 Å². The summed E-state index contributed by atoms with van der Waals surface area (Å²) in [5.74, 6) is 0. The van der Waals surface area contributed by atoms with Gasteiger partial charge in [0.2, 0.25) is 0 Å². The van der Waals surface area contributed by atoms with E-state index in [9.17, 15) is 0 Å². The third-order valence-corrected chi connectivity index (χ3v) is 13.7. The van der Waals surface area contributed by atoms with E-state index in [0.717, 1.165) is 11.4 Å². The smallest absolute Gasteiger partial charge is 0.197 e. The van der Waals surface area contributed by atoms with Gasteiger partial charge in [-0.15, -0.1) is 11.3 Å². The minimum absolute atomic E-state index is 0.0914. The molecule has 1 aliphatic carbocycles. The van der Waals surface area contributed by atoms with Crippen LogP contribution in [0.4, 0.5) is 11.4 Å². The molecule has 0 bridgehead atoms. The molecular weight excluding hydrogens is 671 g/mol. The first kappa shape index (κ1) is 31.9. The second-order valence-corrected chi connectivity index (χ2v) is 17.7. The van der Waals surface area contributed by atoms with Crippen LogP contribution in [0.1, 0.15) is 51.7 Å². The van der Waals surface area contributed by atoms with E-state index in [1.807, 2.05) is 11.3 Å². The van der Waals surface area contributed by atoms with Gasteiger partial charge in [-0.25, -0.2) is 0 Å². The second kappa shape index (κ2) is 11.5. The minimum Gasteiger partial charge on any atom is -0.355 e. The molecule has 9 aromatic rings. The van der Waals surface area contributed by atoms with Gasteiger partial charge in [0, 0.05) is 64.7 Å². The molecule has 2 aliphatic rings. The molecule has 2 aromatic heterocycles. The zero-order chi connectivity index (χ0) is 36.3. The number of hydrogen-bond donors (Lipinski definition) is 1. The lowest BCUT2D eigenvalue weighted by Gasteiger charge is -2.42. The first-order chi connectivity index (χ1) is 26.3. The Bertz CT molecular complexity index is 3000. The quantitative estimate of drug-likeness (QED) is 0.180. The van der Waals surface area contributed by atoms with Crippen LogP contribution in [0.5, 0.6) is 0 Å². The summed E-state index contributed by atoms with van der Waals surface area (Å²) in [6.07, 6.45) is 2.37. The molecule has 0 amide bonds. The highest BCUT2D eigenvalue weighted by molar-refractivity contribution is 7.26. The number of nitrogens with one attached hydrogen (secondary N) is 1. The maximum atomic E-state index is 3.79. The molecule has 1 radical (unpaired) electrons. The van der Waals surface area contributed by atoms with E-state index in [0.29, 0.717) is 0 Å². The van der Waals surface area contributed by atoms with Crippen molar-refractivity contribution < 1.29 is 0 Å². The van der Waals surface area contributed by atoms with Gasteiger partial charge in [0.05, 0.1) is 5.52 Å². The molecule has 0 unspecified atom stereocenters. The fourth-order valence-electron chi connectivity index (χ4n) is 9.56. The van der Waals surface area contributed by atoms with Gasteiger partial charge in [0.25, 0.3) is 0 Å². The van der Waals surface area contributed by atoms with Crippen LogP contribution in [0.2, 0.25) is 0 Å². The van der Waals surface area contributed by atoms with E-state index >= 15 is 0 Å². The van der Waals surface area contributed by atoms with Crippen LogP contribution in [-0.2, 0) is 10.8 Å². The Morgan fingerprint density at radius 2 is 1.28 bits per heavy atom. The van der Waals surface area contributed by atoms with E-state index in [1.54, 1.807) is 0 Å². The third kappa shape index (κ3) is 4.59. The average molecular weight is 712 g/mol. The van der Waals surface area contributed by atoms with Crippen molar-refractivity contribution in [1.29, 1.82) is 0 Å². The Kier molecular flexibility index (Phi) is 6.77. The first-order valence-electron chi connectivity index (χ1n) is 19.2. The zero-order valence-corrected chi connectivity index (χ0v) is 31.9. The average Bonchev–Trinajstić information content (AvgIpc) is 3.74. The maximum Gasteiger partial charge on any atom is 0.197 e. The summed E-state index contributed by atoms with van der Waals surface area (Å²) in [6, 6.07) is 51.8. The van der Waals surface area contributed by atoms with E-state index < -0.39 is 0 Å². The number of fused-ring (bicyclic) bond motifs is 9. The molecule has 3 heterocycles. The Balaban J connectivity index is 1.33. The van der Waals surface area contributed by atoms with Crippen molar-refractivity contribution in [2.45, 2.75) is 51.4 Å². The van der Waals surface area contributed by atoms with Crippen molar-refractivity contribution in [3.05, 3.63) is 151 Å². The predicted molar refractivity (Wildman–Crippen MR) is 235 cm³/mol. The van der Waals surface area contributed by atoms with Crippen molar-refractivity contribution in [1.82, 2.24) is 4.57 Å². The summed E-state index contributed by atoms with van der Waals surface area (Å²) in [7, 11) is 2.45. The van der Waals surface area contributed by atoms with Gasteiger partial charge in [-0.2, -0.15) is 0 Å². The van der Waals surface area contributed by atoms with Crippen LogP contribution in [0, 0.1) is 0 Å². The van der Waals surface area contributed by atoms with Gasteiger partial charge in [-0.05, 0) is 99.9 Å². The van der Waals surface area contributed by atoms with Crippen LogP contribution in [0.15, 0.2) is 140 Å². The highest BCUT2D eigenvalue weighted by atomic mass is 32.1. The first-order valence-corrected chi connectivity index (χ1v) is 20.0. The van der Waals surface area contributed by atoms with Crippen molar-refractivity contribution in [2.75, 3.05) is 5.32 Å².